The van der Waals surface area contributed by atoms with Crippen molar-refractivity contribution in [2.24, 2.45) is 0 Å². The molecule has 0 spiro atoms. The number of carbonyl (C=O) groups is 2. The van der Waals surface area contributed by atoms with Gasteiger partial charge in [-0.25, -0.2) is 4.98 Å². The molecule has 2 amide bonds. The highest BCUT2D eigenvalue weighted by Gasteiger charge is 2.12. The van der Waals surface area contributed by atoms with E-state index >= 15 is 0 Å². The van der Waals surface area contributed by atoms with E-state index in [1.165, 1.54) is 23.1 Å². The Morgan fingerprint density at radius 1 is 0.970 bits per heavy atom. The van der Waals surface area contributed by atoms with E-state index < -0.39 is 0 Å². The minimum atomic E-state index is -0.231. The first kappa shape index (κ1) is 23.0. The van der Waals surface area contributed by atoms with Crippen molar-refractivity contribution >= 4 is 57.3 Å². The molecule has 0 saturated heterocycles. The van der Waals surface area contributed by atoms with Gasteiger partial charge in [0.1, 0.15) is 0 Å². The average molecular weight is 494 g/mol. The summed E-state index contributed by atoms with van der Waals surface area (Å²) >= 11 is 8.82. The number of halogens is 1. The molecule has 4 rings (SSSR count). The van der Waals surface area contributed by atoms with Crippen molar-refractivity contribution in [3.05, 3.63) is 94.3 Å². The van der Waals surface area contributed by atoms with Crippen LogP contribution in [0.3, 0.4) is 0 Å². The fourth-order valence-electron chi connectivity index (χ4n) is 3.09. The van der Waals surface area contributed by atoms with Crippen LogP contribution in [0.4, 0.5) is 10.8 Å². The standard InChI is InChI=1S/C25H20ClN3O2S2/c1-16-23(17-6-3-2-4-7-17)29-25(33-16)28-22(30)15-32-21-12-10-20(11-13-21)27-24(31)18-8-5-9-19(26)14-18/h2-14H,15H2,1H3,(H,27,31)(H,28,29,30). The molecular formula is C25H20ClN3O2S2. The second-order valence-electron chi connectivity index (χ2n) is 7.12. The third-order valence-electron chi connectivity index (χ3n) is 4.66. The Morgan fingerprint density at radius 2 is 1.73 bits per heavy atom. The highest BCUT2D eigenvalue weighted by Crippen LogP contribution is 2.30. The van der Waals surface area contributed by atoms with Crippen LogP contribution >= 0.6 is 34.7 Å². The Morgan fingerprint density at radius 3 is 2.45 bits per heavy atom. The highest BCUT2D eigenvalue weighted by atomic mass is 35.5. The Labute approximate surface area is 205 Å². The van der Waals surface area contributed by atoms with Gasteiger partial charge in [-0.05, 0) is 49.4 Å². The van der Waals surface area contributed by atoms with Gasteiger partial charge in [0.05, 0.1) is 11.4 Å². The summed E-state index contributed by atoms with van der Waals surface area (Å²) in [6.45, 7) is 2.00. The fraction of sp³-hybridized carbons (Fsp3) is 0.0800. The van der Waals surface area contributed by atoms with Gasteiger partial charge in [-0.3, -0.25) is 9.59 Å². The lowest BCUT2D eigenvalue weighted by atomic mass is 10.1. The molecule has 33 heavy (non-hydrogen) atoms. The van der Waals surface area contributed by atoms with Crippen LogP contribution in [0.15, 0.2) is 83.8 Å². The number of aromatic nitrogens is 1. The van der Waals surface area contributed by atoms with Gasteiger partial charge in [0, 0.05) is 31.6 Å². The van der Waals surface area contributed by atoms with Gasteiger partial charge in [-0.2, -0.15) is 0 Å². The zero-order valence-electron chi connectivity index (χ0n) is 17.7. The maximum absolute atomic E-state index is 12.4. The van der Waals surface area contributed by atoms with E-state index in [-0.39, 0.29) is 17.6 Å². The molecule has 0 aliphatic carbocycles. The minimum Gasteiger partial charge on any atom is -0.322 e. The molecule has 2 N–H and O–H groups in total. The molecule has 3 aromatic carbocycles. The molecule has 0 atom stereocenters. The summed E-state index contributed by atoms with van der Waals surface area (Å²) in [5.41, 5.74) is 3.08. The van der Waals surface area contributed by atoms with Crippen molar-refractivity contribution in [1.29, 1.82) is 0 Å². The summed E-state index contributed by atoms with van der Waals surface area (Å²) in [4.78, 5) is 31.3. The third kappa shape index (κ3) is 6.22. The van der Waals surface area contributed by atoms with Crippen LogP contribution in [-0.4, -0.2) is 22.6 Å². The van der Waals surface area contributed by atoms with Gasteiger partial charge in [0.25, 0.3) is 5.91 Å². The van der Waals surface area contributed by atoms with Gasteiger partial charge in [-0.1, -0.05) is 48.0 Å². The summed E-state index contributed by atoms with van der Waals surface area (Å²) in [6, 6.07) is 24.0. The highest BCUT2D eigenvalue weighted by molar-refractivity contribution is 8.00. The Hall–Kier alpha value is -3.13. The van der Waals surface area contributed by atoms with Crippen molar-refractivity contribution < 1.29 is 9.59 Å². The van der Waals surface area contributed by atoms with Crippen LogP contribution in [0, 0.1) is 6.92 Å². The van der Waals surface area contributed by atoms with E-state index in [1.54, 1.807) is 36.4 Å². The molecule has 0 saturated carbocycles. The van der Waals surface area contributed by atoms with Crippen LogP contribution in [0.5, 0.6) is 0 Å². The molecule has 166 valence electrons. The number of rotatable bonds is 7. The predicted octanol–water partition coefficient (Wildman–Crippen LogP) is 6.76. The van der Waals surface area contributed by atoms with Gasteiger partial charge in [0.15, 0.2) is 5.13 Å². The van der Waals surface area contributed by atoms with Crippen molar-refractivity contribution in [3.8, 4) is 11.3 Å². The van der Waals surface area contributed by atoms with Crippen molar-refractivity contribution in [2.45, 2.75) is 11.8 Å². The van der Waals surface area contributed by atoms with Crippen LogP contribution in [-0.2, 0) is 4.79 Å². The Bertz CT molecular complexity index is 1270. The number of carbonyl (C=O) groups excluding carboxylic acids is 2. The minimum absolute atomic E-state index is 0.119. The summed E-state index contributed by atoms with van der Waals surface area (Å²) < 4.78 is 0. The summed E-state index contributed by atoms with van der Waals surface area (Å²) in [6.07, 6.45) is 0. The molecule has 0 aliphatic heterocycles. The quantitative estimate of drug-likeness (QED) is 0.279. The first-order valence-corrected chi connectivity index (χ1v) is 12.3. The fourth-order valence-corrected chi connectivity index (χ4v) is 4.83. The van der Waals surface area contributed by atoms with Crippen LogP contribution in [0.1, 0.15) is 15.2 Å². The summed E-state index contributed by atoms with van der Waals surface area (Å²) in [5.74, 6) is -0.0920. The molecule has 0 aliphatic rings. The normalized spacial score (nSPS) is 10.6. The molecule has 0 unspecified atom stereocenters. The lowest BCUT2D eigenvalue weighted by Gasteiger charge is -2.07. The van der Waals surface area contributed by atoms with Gasteiger partial charge in [-0.15, -0.1) is 23.1 Å². The van der Waals surface area contributed by atoms with Gasteiger partial charge >= 0.3 is 0 Å². The molecule has 0 radical (unpaired) electrons. The summed E-state index contributed by atoms with van der Waals surface area (Å²) in [7, 11) is 0. The number of anilines is 2. The number of nitrogens with one attached hydrogen (secondary N) is 2. The number of thioether (sulfide) groups is 1. The SMILES string of the molecule is Cc1sc(NC(=O)CSc2ccc(NC(=O)c3cccc(Cl)c3)cc2)nc1-c1ccccc1. The van der Waals surface area contributed by atoms with Crippen LogP contribution in [0.25, 0.3) is 11.3 Å². The predicted molar refractivity (Wildman–Crippen MR) is 137 cm³/mol. The van der Waals surface area contributed by atoms with E-state index in [2.05, 4.69) is 15.6 Å². The average Bonchev–Trinajstić information content (AvgIpc) is 3.19. The number of nitrogens with zero attached hydrogens (tertiary/aromatic N) is 1. The first-order chi connectivity index (χ1) is 16.0. The van der Waals surface area contributed by atoms with E-state index in [9.17, 15) is 9.59 Å². The zero-order chi connectivity index (χ0) is 23.2. The maximum Gasteiger partial charge on any atom is 0.255 e. The number of thiazole rings is 1. The molecule has 0 bridgehead atoms. The topological polar surface area (TPSA) is 71.1 Å². The smallest absolute Gasteiger partial charge is 0.255 e. The molecule has 4 aromatic rings. The molecule has 5 nitrogen and oxygen atoms in total. The second kappa shape index (κ2) is 10.7. The largest absolute Gasteiger partial charge is 0.322 e. The molecule has 8 heteroatoms. The van der Waals surface area contributed by atoms with Crippen LogP contribution in [0.2, 0.25) is 5.02 Å². The lowest BCUT2D eigenvalue weighted by Crippen LogP contribution is -2.13. The Kier molecular flexibility index (Phi) is 7.44. The van der Waals surface area contributed by atoms with E-state index in [0.717, 1.165) is 21.0 Å². The van der Waals surface area contributed by atoms with Gasteiger partial charge in [0.2, 0.25) is 5.91 Å². The zero-order valence-corrected chi connectivity index (χ0v) is 20.1. The molecule has 0 fully saturated rings. The molecular weight excluding hydrogens is 474 g/mol. The second-order valence-corrected chi connectivity index (χ2v) is 9.80. The van der Waals surface area contributed by atoms with E-state index in [0.29, 0.717) is 21.4 Å². The monoisotopic (exact) mass is 493 g/mol. The maximum atomic E-state index is 12.4. The lowest BCUT2D eigenvalue weighted by molar-refractivity contribution is -0.113. The van der Waals surface area contributed by atoms with Crippen molar-refractivity contribution in [1.82, 2.24) is 4.98 Å². The van der Waals surface area contributed by atoms with Crippen molar-refractivity contribution in [2.75, 3.05) is 16.4 Å². The van der Waals surface area contributed by atoms with Crippen LogP contribution < -0.4 is 10.6 Å². The number of amides is 2. The Balaban J connectivity index is 1.30. The molecule has 1 heterocycles. The number of hydrogen-bond acceptors (Lipinski definition) is 5. The molecule has 1 aromatic heterocycles. The van der Waals surface area contributed by atoms with Gasteiger partial charge < -0.3 is 10.6 Å². The number of hydrogen-bond donors (Lipinski definition) is 2. The van der Waals surface area contributed by atoms with Crippen molar-refractivity contribution in [3.63, 3.8) is 0 Å². The number of benzene rings is 3. The summed E-state index contributed by atoms with van der Waals surface area (Å²) in [5, 5.41) is 6.83. The third-order valence-corrected chi connectivity index (χ3v) is 6.79. The number of aryl methyl sites for hydroxylation is 1. The van der Waals surface area contributed by atoms with E-state index in [1.807, 2.05) is 49.4 Å². The van der Waals surface area contributed by atoms with E-state index in [4.69, 9.17) is 11.6 Å². The first-order valence-electron chi connectivity index (χ1n) is 10.1.